The van der Waals surface area contributed by atoms with E-state index in [9.17, 15) is 9.90 Å². The van der Waals surface area contributed by atoms with Crippen LogP contribution < -0.4 is 4.48 Å². The summed E-state index contributed by atoms with van der Waals surface area (Å²) in [6, 6.07) is 19.4. The zero-order chi connectivity index (χ0) is 24.6. The fourth-order valence-corrected chi connectivity index (χ4v) is 4.88. The molecule has 1 saturated heterocycles. The number of aromatic nitrogens is 3. The number of hydrogen-bond donors (Lipinski definition) is 2. The molecule has 5 rings (SSSR count). The van der Waals surface area contributed by atoms with Gasteiger partial charge >= 0.3 is 5.91 Å². The van der Waals surface area contributed by atoms with E-state index in [4.69, 9.17) is 4.98 Å². The number of β-amino-alcohol motifs (C(OH)–C–C–N with tert-alkyl or cyclic N) is 1. The average Bonchev–Trinajstić information content (AvgIpc) is 3.53. The van der Waals surface area contributed by atoms with E-state index >= 15 is 0 Å². The van der Waals surface area contributed by atoms with E-state index in [1.165, 1.54) is 12.8 Å². The van der Waals surface area contributed by atoms with E-state index in [0.29, 0.717) is 23.4 Å². The molecular weight excluding hydrogens is 438 g/mol. The van der Waals surface area contributed by atoms with Crippen LogP contribution in [0, 0.1) is 6.92 Å². The van der Waals surface area contributed by atoms with Gasteiger partial charge in [-0.25, -0.2) is 14.3 Å². The Morgan fingerprint density at radius 2 is 1.83 bits per heavy atom. The predicted octanol–water partition coefficient (Wildman–Crippen LogP) is 4.47. The van der Waals surface area contributed by atoms with Crippen molar-refractivity contribution in [2.24, 2.45) is 0 Å². The van der Waals surface area contributed by atoms with Gasteiger partial charge in [0.05, 0.1) is 31.0 Å². The van der Waals surface area contributed by atoms with Crippen molar-refractivity contribution < 1.29 is 9.90 Å². The van der Waals surface area contributed by atoms with Crippen LogP contribution in [0.5, 0.6) is 0 Å². The van der Waals surface area contributed by atoms with Crippen LogP contribution in [0.15, 0.2) is 60.7 Å². The summed E-state index contributed by atoms with van der Waals surface area (Å²) in [5.74, 6) is 0.0211. The summed E-state index contributed by atoms with van der Waals surface area (Å²) in [5.41, 5.74) is 5.66. The lowest BCUT2D eigenvalue weighted by Crippen LogP contribution is -2.46. The first kappa shape index (κ1) is 23.4. The third-order valence-electron chi connectivity index (χ3n) is 7.08. The van der Waals surface area contributed by atoms with Crippen LogP contribution in [0.3, 0.4) is 0 Å². The molecular formula is C28H32N5O2+. The molecule has 0 aliphatic carbocycles. The van der Waals surface area contributed by atoms with Crippen LogP contribution in [0.4, 0.5) is 5.69 Å². The second kappa shape index (κ2) is 9.34. The SMILES string of the molecule is Cc1ccc([N+](C)(C)C(=O)c2ccccc2)cc1-c1ccc2c(C(O)CN3CCCC3)[nH]nc2n1. The molecule has 0 saturated carbocycles. The van der Waals surface area contributed by atoms with E-state index in [1.807, 2.05) is 81.7 Å². The van der Waals surface area contributed by atoms with Gasteiger partial charge in [0, 0.05) is 23.6 Å². The van der Waals surface area contributed by atoms with Crippen LogP contribution in [0.2, 0.25) is 0 Å². The first-order chi connectivity index (χ1) is 16.8. The standard InChI is InChI=1S/C28H32N5O2/c1-19-11-12-21(33(2,3)28(35)20-9-5-4-6-10-20)17-23(19)24-14-13-22-26(30-31-27(22)29-24)25(34)18-32-15-7-8-16-32/h4-6,9-14,17,25,34H,7-8,15-16,18H2,1-3H3,(H,29,30,31)/q+1. The predicted molar refractivity (Wildman–Crippen MR) is 139 cm³/mol. The first-order valence-corrected chi connectivity index (χ1v) is 12.2. The number of likely N-dealkylation sites (tertiary alicyclic amines) is 1. The Hall–Kier alpha value is -3.39. The Morgan fingerprint density at radius 1 is 1.09 bits per heavy atom. The van der Waals surface area contributed by atoms with Crippen molar-refractivity contribution in [1.82, 2.24) is 24.6 Å². The molecule has 35 heavy (non-hydrogen) atoms. The second-order valence-electron chi connectivity index (χ2n) is 9.85. The summed E-state index contributed by atoms with van der Waals surface area (Å²) in [7, 11) is 3.81. The normalized spacial score (nSPS) is 15.5. The Labute approximate surface area is 205 Å². The summed E-state index contributed by atoms with van der Waals surface area (Å²) in [5, 5.41) is 19.0. The molecule has 4 aromatic rings. The first-order valence-electron chi connectivity index (χ1n) is 12.2. The molecule has 0 spiro atoms. The molecule has 1 amide bonds. The van der Waals surface area contributed by atoms with E-state index < -0.39 is 6.10 Å². The van der Waals surface area contributed by atoms with Gasteiger partial charge in [-0.1, -0.05) is 24.3 Å². The number of quaternary nitrogens is 1. The van der Waals surface area contributed by atoms with Crippen LogP contribution in [-0.2, 0) is 0 Å². The number of benzene rings is 2. The molecule has 7 heteroatoms. The lowest BCUT2D eigenvalue weighted by atomic mass is 10.0. The van der Waals surface area contributed by atoms with E-state index in [0.717, 1.165) is 41.0 Å². The van der Waals surface area contributed by atoms with Gasteiger partial charge in [0.2, 0.25) is 0 Å². The summed E-state index contributed by atoms with van der Waals surface area (Å²) in [6.07, 6.45) is 1.75. The number of amides is 1. The molecule has 0 bridgehead atoms. The Kier molecular flexibility index (Phi) is 6.23. The van der Waals surface area contributed by atoms with Crippen molar-refractivity contribution in [2.75, 3.05) is 33.7 Å². The van der Waals surface area contributed by atoms with Gasteiger partial charge in [0.1, 0.15) is 11.8 Å². The number of pyridine rings is 1. The number of carbonyl (C=O) groups excluding carboxylic acids is 1. The zero-order valence-electron chi connectivity index (χ0n) is 20.5. The Balaban J connectivity index is 1.46. The van der Waals surface area contributed by atoms with Crippen molar-refractivity contribution in [3.8, 4) is 11.3 Å². The van der Waals surface area contributed by atoms with Crippen LogP contribution in [0.25, 0.3) is 22.3 Å². The number of nitrogens with one attached hydrogen (secondary N) is 1. The van der Waals surface area contributed by atoms with Crippen molar-refractivity contribution >= 4 is 22.6 Å². The molecule has 2 aromatic heterocycles. The lowest BCUT2D eigenvalue weighted by Gasteiger charge is -2.27. The quantitative estimate of drug-likeness (QED) is 0.406. The molecule has 180 valence electrons. The van der Waals surface area contributed by atoms with Crippen LogP contribution in [-0.4, -0.2) is 64.8 Å². The van der Waals surface area contributed by atoms with E-state index in [-0.39, 0.29) is 10.4 Å². The van der Waals surface area contributed by atoms with Gasteiger partial charge in [-0.2, -0.15) is 5.10 Å². The third-order valence-corrected chi connectivity index (χ3v) is 7.08. The monoisotopic (exact) mass is 470 g/mol. The maximum absolute atomic E-state index is 13.3. The minimum absolute atomic E-state index is 0.0211. The van der Waals surface area contributed by atoms with Gasteiger partial charge in [0.15, 0.2) is 5.65 Å². The maximum atomic E-state index is 13.3. The van der Waals surface area contributed by atoms with Gasteiger partial charge in [-0.05, 0) is 68.8 Å². The molecule has 3 heterocycles. The molecule has 0 radical (unpaired) electrons. The number of fused-ring (bicyclic) bond motifs is 1. The van der Waals surface area contributed by atoms with E-state index in [1.54, 1.807) is 0 Å². The topological polar surface area (TPSA) is 82.1 Å². The van der Waals surface area contributed by atoms with Crippen molar-refractivity contribution in [1.29, 1.82) is 0 Å². The number of nitrogens with zero attached hydrogens (tertiary/aromatic N) is 4. The molecule has 1 aliphatic heterocycles. The van der Waals surface area contributed by atoms with Crippen LogP contribution in [0.1, 0.15) is 40.6 Å². The molecule has 1 unspecified atom stereocenters. The van der Waals surface area contributed by atoms with Crippen molar-refractivity contribution in [3.63, 3.8) is 0 Å². The van der Waals surface area contributed by atoms with Gasteiger partial charge in [-0.3, -0.25) is 5.10 Å². The maximum Gasteiger partial charge on any atom is 0.350 e. The van der Waals surface area contributed by atoms with Crippen LogP contribution >= 0.6 is 0 Å². The summed E-state index contributed by atoms with van der Waals surface area (Å²) in [6.45, 7) is 4.70. The fraction of sp³-hybridized carbons (Fsp3) is 0.321. The third kappa shape index (κ3) is 4.50. The van der Waals surface area contributed by atoms with Crippen molar-refractivity contribution in [2.45, 2.75) is 25.9 Å². The number of rotatable bonds is 6. The molecule has 1 fully saturated rings. The molecule has 2 N–H and O–H groups in total. The van der Waals surface area contributed by atoms with Gasteiger partial charge in [-0.15, -0.1) is 0 Å². The highest BCUT2D eigenvalue weighted by molar-refractivity contribution is 6.02. The van der Waals surface area contributed by atoms with Crippen molar-refractivity contribution in [3.05, 3.63) is 77.5 Å². The summed E-state index contributed by atoms with van der Waals surface area (Å²) in [4.78, 5) is 20.4. The minimum Gasteiger partial charge on any atom is -0.385 e. The number of aromatic amines is 1. The smallest absolute Gasteiger partial charge is 0.350 e. The van der Waals surface area contributed by atoms with Gasteiger partial charge in [0.25, 0.3) is 0 Å². The Bertz CT molecular complexity index is 1360. The number of H-pyrrole nitrogens is 1. The number of carbonyl (C=O) groups is 1. The van der Waals surface area contributed by atoms with E-state index in [2.05, 4.69) is 15.1 Å². The number of aliphatic hydroxyl groups is 1. The fourth-order valence-electron chi connectivity index (χ4n) is 4.88. The molecule has 1 atom stereocenters. The zero-order valence-corrected chi connectivity index (χ0v) is 20.5. The molecule has 2 aromatic carbocycles. The minimum atomic E-state index is -0.627. The second-order valence-corrected chi connectivity index (χ2v) is 9.85. The summed E-state index contributed by atoms with van der Waals surface area (Å²) < 4.78 is 0.0920. The highest BCUT2D eigenvalue weighted by Crippen LogP contribution is 2.32. The number of hydrogen-bond acceptors (Lipinski definition) is 5. The molecule has 1 aliphatic rings. The highest BCUT2D eigenvalue weighted by atomic mass is 16.3. The Morgan fingerprint density at radius 3 is 2.57 bits per heavy atom. The lowest BCUT2D eigenvalue weighted by molar-refractivity contribution is 0.0831. The summed E-state index contributed by atoms with van der Waals surface area (Å²) >= 11 is 0. The van der Waals surface area contributed by atoms with Gasteiger partial charge < -0.3 is 10.0 Å². The largest absolute Gasteiger partial charge is 0.385 e. The number of aryl methyl sites for hydroxylation is 1. The molecule has 7 nitrogen and oxygen atoms in total. The highest BCUT2D eigenvalue weighted by Gasteiger charge is 2.31. The average molecular weight is 471 g/mol. The number of aliphatic hydroxyl groups excluding tert-OH is 1.